The summed E-state index contributed by atoms with van der Waals surface area (Å²) in [6, 6.07) is 5.43. The van der Waals surface area contributed by atoms with Crippen molar-refractivity contribution in [3.63, 3.8) is 0 Å². The van der Waals surface area contributed by atoms with Gasteiger partial charge in [0.25, 0.3) is 0 Å². The number of benzene rings is 1. The van der Waals surface area contributed by atoms with Crippen LogP contribution in [-0.2, 0) is 0 Å². The first-order chi connectivity index (χ1) is 8.61. The zero-order valence-corrected chi connectivity index (χ0v) is 12.1. The van der Waals surface area contributed by atoms with E-state index in [0.717, 1.165) is 31.7 Å². The minimum Gasteiger partial charge on any atom is -0.507 e. The molecule has 4 nitrogen and oxygen atoms in total. The summed E-state index contributed by atoms with van der Waals surface area (Å²) in [6.45, 7) is 4.06. The van der Waals surface area contributed by atoms with Crippen molar-refractivity contribution >= 4 is 15.9 Å². The van der Waals surface area contributed by atoms with Gasteiger partial charge in [0.15, 0.2) is 0 Å². The summed E-state index contributed by atoms with van der Waals surface area (Å²) in [6.07, 6.45) is 0. The third kappa shape index (κ3) is 3.03. The monoisotopic (exact) mass is 314 g/mol. The summed E-state index contributed by atoms with van der Waals surface area (Å²) < 4.78 is 0.674. The number of phenols is 1. The lowest BCUT2D eigenvalue weighted by Gasteiger charge is -2.37. The van der Waals surface area contributed by atoms with E-state index in [2.05, 4.69) is 32.8 Å². The molecule has 1 aromatic rings. The molecule has 2 rings (SSSR count). The summed E-state index contributed by atoms with van der Waals surface area (Å²) >= 11 is 3.32. The van der Waals surface area contributed by atoms with Crippen molar-refractivity contribution in [3.05, 3.63) is 28.2 Å². The third-order valence-electron chi connectivity index (χ3n) is 3.51. The quantitative estimate of drug-likeness (QED) is 0.886. The SMILES string of the molecule is CN1CCN(C(CO)c2ccc(O)c(Br)c2)CC1. The number of phenolic OH excluding ortho intramolecular Hbond substituents is 1. The van der Waals surface area contributed by atoms with Gasteiger partial charge in [-0.1, -0.05) is 6.07 Å². The van der Waals surface area contributed by atoms with E-state index < -0.39 is 0 Å². The molecule has 0 bridgehead atoms. The first-order valence-electron chi connectivity index (χ1n) is 6.13. The summed E-state index contributed by atoms with van der Waals surface area (Å²) in [4.78, 5) is 4.58. The van der Waals surface area contributed by atoms with Crippen molar-refractivity contribution in [1.29, 1.82) is 0 Å². The van der Waals surface area contributed by atoms with Gasteiger partial charge in [0.05, 0.1) is 17.1 Å². The van der Waals surface area contributed by atoms with E-state index in [4.69, 9.17) is 0 Å². The normalized spacial score (nSPS) is 19.9. The Balaban J connectivity index is 2.14. The second kappa shape index (κ2) is 6.02. The van der Waals surface area contributed by atoms with E-state index in [1.165, 1.54) is 0 Å². The van der Waals surface area contributed by atoms with Gasteiger partial charge >= 0.3 is 0 Å². The number of nitrogens with zero attached hydrogens (tertiary/aromatic N) is 2. The average molecular weight is 315 g/mol. The molecule has 0 spiro atoms. The molecule has 0 aromatic heterocycles. The van der Waals surface area contributed by atoms with Crippen LogP contribution in [0.25, 0.3) is 0 Å². The molecule has 5 heteroatoms. The Morgan fingerprint density at radius 1 is 1.28 bits per heavy atom. The molecule has 1 aliphatic rings. The highest BCUT2D eigenvalue weighted by atomic mass is 79.9. The van der Waals surface area contributed by atoms with E-state index in [0.29, 0.717) is 4.47 Å². The van der Waals surface area contributed by atoms with Gasteiger partial charge in [-0.15, -0.1) is 0 Å². The molecular formula is C13H19BrN2O2. The van der Waals surface area contributed by atoms with Crippen molar-refractivity contribution < 1.29 is 10.2 Å². The molecule has 2 N–H and O–H groups in total. The van der Waals surface area contributed by atoms with Crippen LogP contribution in [0.4, 0.5) is 0 Å². The van der Waals surface area contributed by atoms with Crippen molar-refractivity contribution in [2.45, 2.75) is 6.04 Å². The summed E-state index contributed by atoms with van der Waals surface area (Å²) in [5.41, 5.74) is 1.03. The summed E-state index contributed by atoms with van der Waals surface area (Å²) in [5.74, 6) is 0.230. The molecule has 1 heterocycles. The highest BCUT2D eigenvalue weighted by molar-refractivity contribution is 9.10. The molecule has 0 aliphatic carbocycles. The largest absolute Gasteiger partial charge is 0.507 e. The predicted molar refractivity (Wildman–Crippen MR) is 74.7 cm³/mol. The number of aromatic hydroxyl groups is 1. The molecule has 1 unspecified atom stereocenters. The number of rotatable bonds is 3. The van der Waals surface area contributed by atoms with E-state index in [9.17, 15) is 10.2 Å². The van der Waals surface area contributed by atoms with Gasteiger partial charge in [-0.2, -0.15) is 0 Å². The minimum atomic E-state index is 0.00981. The highest BCUT2D eigenvalue weighted by Gasteiger charge is 2.23. The average Bonchev–Trinajstić information content (AvgIpc) is 2.37. The van der Waals surface area contributed by atoms with Crippen molar-refractivity contribution in [2.24, 2.45) is 0 Å². The van der Waals surface area contributed by atoms with Crippen LogP contribution in [-0.4, -0.2) is 59.8 Å². The fourth-order valence-electron chi connectivity index (χ4n) is 2.30. The Bertz CT molecular complexity index is 406. The maximum absolute atomic E-state index is 9.62. The number of likely N-dealkylation sites (N-methyl/N-ethyl adjacent to an activating group) is 1. The molecule has 1 aliphatic heterocycles. The van der Waals surface area contributed by atoms with Crippen LogP contribution in [0.3, 0.4) is 0 Å². The van der Waals surface area contributed by atoms with Gasteiger partial charge in [0, 0.05) is 26.2 Å². The van der Waals surface area contributed by atoms with Crippen molar-refractivity contribution in [3.8, 4) is 5.75 Å². The van der Waals surface area contributed by atoms with E-state index >= 15 is 0 Å². The van der Waals surface area contributed by atoms with Crippen LogP contribution >= 0.6 is 15.9 Å². The van der Waals surface area contributed by atoms with Gasteiger partial charge < -0.3 is 15.1 Å². The van der Waals surface area contributed by atoms with Gasteiger partial charge in [0.1, 0.15) is 5.75 Å². The number of piperazine rings is 1. The molecule has 1 fully saturated rings. The maximum atomic E-state index is 9.62. The third-order valence-corrected chi connectivity index (χ3v) is 4.14. The minimum absolute atomic E-state index is 0.00981. The molecule has 18 heavy (non-hydrogen) atoms. The van der Waals surface area contributed by atoms with Crippen molar-refractivity contribution in [2.75, 3.05) is 39.8 Å². The Morgan fingerprint density at radius 2 is 1.94 bits per heavy atom. The maximum Gasteiger partial charge on any atom is 0.129 e. The second-order valence-corrected chi connectivity index (χ2v) is 5.60. The molecule has 1 aromatic carbocycles. The van der Waals surface area contributed by atoms with Crippen LogP contribution in [0.1, 0.15) is 11.6 Å². The first kappa shape index (κ1) is 13.8. The molecule has 1 saturated heterocycles. The fraction of sp³-hybridized carbons (Fsp3) is 0.538. The van der Waals surface area contributed by atoms with E-state index in [-0.39, 0.29) is 18.4 Å². The lowest BCUT2D eigenvalue weighted by molar-refractivity contribution is 0.0747. The topological polar surface area (TPSA) is 46.9 Å². The molecule has 100 valence electrons. The zero-order chi connectivity index (χ0) is 13.1. The van der Waals surface area contributed by atoms with Crippen LogP contribution in [0.15, 0.2) is 22.7 Å². The van der Waals surface area contributed by atoms with Gasteiger partial charge in [-0.3, -0.25) is 4.90 Å². The summed E-state index contributed by atoms with van der Waals surface area (Å²) in [7, 11) is 2.11. The lowest BCUT2D eigenvalue weighted by atomic mass is 10.0. The predicted octanol–water partition coefficient (Wildman–Crippen LogP) is 1.44. The second-order valence-electron chi connectivity index (χ2n) is 4.75. The zero-order valence-electron chi connectivity index (χ0n) is 10.5. The molecule has 0 amide bonds. The van der Waals surface area contributed by atoms with Gasteiger partial charge in [-0.25, -0.2) is 0 Å². The van der Waals surface area contributed by atoms with Crippen molar-refractivity contribution in [1.82, 2.24) is 9.80 Å². The number of halogens is 1. The van der Waals surface area contributed by atoms with Gasteiger partial charge in [0.2, 0.25) is 0 Å². The Kier molecular flexibility index (Phi) is 4.61. The smallest absolute Gasteiger partial charge is 0.129 e. The molecular weight excluding hydrogens is 296 g/mol. The molecule has 0 saturated carbocycles. The Morgan fingerprint density at radius 3 is 2.50 bits per heavy atom. The number of hydrogen-bond donors (Lipinski definition) is 2. The number of hydrogen-bond acceptors (Lipinski definition) is 4. The van der Waals surface area contributed by atoms with E-state index in [1.807, 2.05) is 12.1 Å². The number of aliphatic hydroxyl groups is 1. The Hall–Kier alpha value is -0.620. The fourth-order valence-corrected chi connectivity index (χ4v) is 2.69. The number of aliphatic hydroxyl groups excluding tert-OH is 1. The lowest BCUT2D eigenvalue weighted by Crippen LogP contribution is -2.46. The standard InChI is InChI=1S/C13H19BrN2O2/c1-15-4-6-16(7-5-15)12(9-17)10-2-3-13(18)11(14)8-10/h2-3,8,12,17-18H,4-7,9H2,1H3. The molecule has 1 atom stereocenters. The summed E-state index contributed by atoms with van der Waals surface area (Å²) in [5, 5.41) is 19.1. The molecule has 0 radical (unpaired) electrons. The first-order valence-corrected chi connectivity index (χ1v) is 6.93. The Labute approximate surface area is 116 Å². The van der Waals surface area contributed by atoms with Crippen LogP contribution in [0.2, 0.25) is 0 Å². The van der Waals surface area contributed by atoms with Crippen LogP contribution in [0, 0.1) is 0 Å². The highest BCUT2D eigenvalue weighted by Crippen LogP contribution is 2.29. The van der Waals surface area contributed by atoms with Crippen LogP contribution in [0.5, 0.6) is 5.75 Å². The van der Waals surface area contributed by atoms with E-state index in [1.54, 1.807) is 6.07 Å². The van der Waals surface area contributed by atoms with Gasteiger partial charge in [-0.05, 0) is 40.7 Å². The van der Waals surface area contributed by atoms with Crippen LogP contribution < -0.4 is 0 Å².